The van der Waals surface area contributed by atoms with Crippen molar-refractivity contribution in [2.45, 2.75) is 40.0 Å². The lowest BCUT2D eigenvalue weighted by Crippen LogP contribution is -2.26. The Morgan fingerprint density at radius 2 is 1.86 bits per heavy atom. The number of hydrogen-bond donors (Lipinski definition) is 0. The van der Waals surface area contributed by atoms with Crippen molar-refractivity contribution in [1.82, 2.24) is 4.98 Å². The molecule has 1 heterocycles. The lowest BCUT2D eigenvalue weighted by molar-refractivity contribution is -0.121. The van der Waals surface area contributed by atoms with E-state index in [-0.39, 0.29) is 5.78 Å². The summed E-state index contributed by atoms with van der Waals surface area (Å²) in [5, 5.41) is 0. The van der Waals surface area contributed by atoms with Crippen molar-refractivity contribution in [3.8, 4) is 11.5 Å². The van der Waals surface area contributed by atoms with Gasteiger partial charge in [-0.15, -0.1) is 0 Å². The molecule has 0 N–H and O–H groups in total. The van der Waals surface area contributed by atoms with E-state index in [4.69, 9.17) is 4.74 Å². The van der Waals surface area contributed by atoms with Crippen LogP contribution in [0.5, 0.6) is 11.5 Å². The first-order chi connectivity index (χ1) is 9.82. The van der Waals surface area contributed by atoms with Gasteiger partial charge in [-0.3, -0.25) is 9.78 Å². The third-order valence-corrected chi connectivity index (χ3v) is 3.98. The van der Waals surface area contributed by atoms with Gasteiger partial charge in [-0.1, -0.05) is 18.2 Å². The van der Waals surface area contributed by atoms with Crippen molar-refractivity contribution in [3.05, 3.63) is 53.3 Å². The average Bonchev–Trinajstić information content (AvgIpc) is 2.43. The average molecular weight is 283 g/mol. The molecule has 0 radical (unpaired) electrons. The van der Waals surface area contributed by atoms with E-state index in [1.54, 1.807) is 13.1 Å². The zero-order chi connectivity index (χ0) is 15.6. The molecule has 3 nitrogen and oxygen atoms in total. The van der Waals surface area contributed by atoms with E-state index < -0.39 is 5.41 Å². The van der Waals surface area contributed by atoms with Gasteiger partial charge in [0.1, 0.15) is 17.3 Å². The monoisotopic (exact) mass is 283 g/mol. The second-order valence-electron chi connectivity index (χ2n) is 5.85. The van der Waals surface area contributed by atoms with Crippen LogP contribution in [0.2, 0.25) is 0 Å². The number of para-hydroxylation sites is 1. The SMILES string of the molecule is CC(=O)C(C)(C)c1ccccc1Oc1cnc(C)c(C)c1. The summed E-state index contributed by atoms with van der Waals surface area (Å²) in [7, 11) is 0. The third-order valence-electron chi connectivity index (χ3n) is 3.98. The quantitative estimate of drug-likeness (QED) is 0.837. The van der Waals surface area contributed by atoms with Crippen LogP contribution < -0.4 is 4.74 Å². The number of pyridine rings is 1. The number of hydrogen-bond acceptors (Lipinski definition) is 3. The molecule has 0 saturated carbocycles. The fourth-order valence-corrected chi connectivity index (χ4v) is 2.06. The summed E-state index contributed by atoms with van der Waals surface area (Å²) in [6, 6.07) is 9.61. The molecule has 0 aliphatic carbocycles. The topological polar surface area (TPSA) is 39.2 Å². The number of ether oxygens (including phenoxy) is 1. The van der Waals surface area contributed by atoms with Gasteiger partial charge in [0.15, 0.2) is 0 Å². The number of Topliss-reactive ketones (excluding diaryl/α,β-unsaturated/α-hetero) is 1. The highest BCUT2D eigenvalue weighted by atomic mass is 16.5. The normalized spacial score (nSPS) is 11.3. The Kier molecular flexibility index (Phi) is 4.12. The van der Waals surface area contributed by atoms with E-state index in [2.05, 4.69) is 4.98 Å². The molecule has 21 heavy (non-hydrogen) atoms. The summed E-state index contributed by atoms with van der Waals surface area (Å²) in [5.74, 6) is 1.49. The molecule has 2 aromatic rings. The maximum atomic E-state index is 11.9. The summed E-state index contributed by atoms with van der Waals surface area (Å²) in [6.45, 7) is 9.40. The Labute approximate surface area is 126 Å². The number of carbonyl (C=O) groups excluding carboxylic acids is 1. The van der Waals surface area contributed by atoms with Crippen molar-refractivity contribution < 1.29 is 9.53 Å². The lowest BCUT2D eigenvalue weighted by atomic mass is 9.81. The molecule has 1 aromatic carbocycles. The molecule has 0 bridgehead atoms. The summed E-state index contributed by atoms with van der Waals surface area (Å²) >= 11 is 0. The highest BCUT2D eigenvalue weighted by Gasteiger charge is 2.29. The molecule has 1 aromatic heterocycles. The lowest BCUT2D eigenvalue weighted by Gasteiger charge is -2.24. The van der Waals surface area contributed by atoms with Crippen LogP contribution in [-0.2, 0) is 10.2 Å². The molecule has 0 spiro atoms. The predicted octanol–water partition coefficient (Wildman–Crippen LogP) is 4.36. The first kappa shape index (κ1) is 15.2. The molecule has 0 aliphatic heterocycles. The number of aryl methyl sites for hydroxylation is 2. The van der Waals surface area contributed by atoms with E-state index in [1.165, 1.54) is 0 Å². The van der Waals surface area contributed by atoms with Crippen LogP contribution in [0.4, 0.5) is 0 Å². The van der Waals surface area contributed by atoms with Crippen molar-refractivity contribution >= 4 is 5.78 Å². The number of carbonyl (C=O) groups is 1. The van der Waals surface area contributed by atoms with Gasteiger partial charge in [0.2, 0.25) is 0 Å². The van der Waals surface area contributed by atoms with Crippen LogP contribution in [0.1, 0.15) is 37.6 Å². The second kappa shape index (κ2) is 5.68. The van der Waals surface area contributed by atoms with E-state index >= 15 is 0 Å². The van der Waals surface area contributed by atoms with Crippen LogP contribution >= 0.6 is 0 Å². The Balaban J connectivity index is 2.41. The fraction of sp³-hybridized carbons (Fsp3) is 0.333. The summed E-state index contributed by atoms with van der Waals surface area (Å²) in [6.07, 6.45) is 1.71. The maximum absolute atomic E-state index is 11.9. The largest absolute Gasteiger partial charge is 0.455 e. The van der Waals surface area contributed by atoms with Crippen molar-refractivity contribution in [3.63, 3.8) is 0 Å². The zero-order valence-corrected chi connectivity index (χ0v) is 13.2. The van der Waals surface area contributed by atoms with Crippen molar-refractivity contribution in [2.24, 2.45) is 0 Å². The van der Waals surface area contributed by atoms with E-state index in [0.717, 1.165) is 16.8 Å². The van der Waals surface area contributed by atoms with Gasteiger partial charge < -0.3 is 4.74 Å². The Morgan fingerprint density at radius 3 is 2.48 bits per heavy atom. The van der Waals surface area contributed by atoms with Gasteiger partial charge in [0.25, 0.3) is 0 Å². The number of nitrogens with zero attached hydrogens (tertiary/aromatic N) is 1. The standard InChI is InChI=1S/C18H21NO2/c1-12-10-15(11-19-13(12)2)21-17-9-7-6-8-16(17)18(4,5)14(3)20/h6-11H,1-5H3. The Morgan fingerprint density at radius 1 is 1.19 bits per heavy atom. The van der Waals surface area contributed by atoms with Gasteiger partial charge in [-0.25, -0.2) is 0 Å². The van der Waals surface area contributed by atoms with Crippen LogP contribution in [0, 0.1) is 13.8 Å². The number of benzene rings is 1. The Hall–Kier alpha value is -2.16. The van der Waals surface area contributed by atoms with Gasteiger partial charge in [0, 0.05) is 11.3 Å². The van der Waals surface area contributed by atoms with Crippen molar-refractivity contribution in [1.29, 1.82) is 0 Å². The second-order valence-corrected chi connectivity index (χ2v) is 5.85. The van der Waals surface area contributed by atoms with E-state index in [0.29, 0.717) is 11.5 Å². The van der Waals surface area contributed by atoms with Gasteiger partial charge >= 0.3 is 0 Å². The minimum absolute atomic E-state index is 0.108. The van der Waals surface area contributed by atoms with E-state index in [1.807, 2.05) is 58.0 Å². The molecule has 2 rings (SSSR count). The molecule has 0 fully saturated rings. The summed E-state index contributed by atoms with van der Waals surface area (Å²) < 4.78 is 5.97. The fourth-order valence-electron chi connectivity index (χ4n) is 2.06. The van der Waals surface area contributed by atoms with Gasteiger partial charge in [0.05, 0.1) is 11.6 Å². The highest BCUT2D eigenvalue weighted by Crippen LogP contribution is 2.35. The molecule has 0 aliphatic rings. The zero-order valence-electron chi connectivity index (χ0n) is 13.2. The Bertz CT molecular complexity index is 675. The molecule has 0 atom stereocenters. The number of ketones is 1. The predicted molar refractivity (Wildman–Crippen MR) is 83.9 cm³/mol. The summed E-state index contributed by atoms with van der Waals surface area (Å²) in [4.78, 5) is 16.2. The smallest absolute Gasteiger partial charge is 0.146 e. The van der Waals surface area contributed by atoms with Gasteiger partial charge in [-0.2, -0.15) is 0 Å². The molecule has 0 unspecified atom stereocenters. The molecule has 110 valence electrons. The number of rotatable bonds is 4. The van der Waals surface area contributed by atoms with Crippen LogP contribution in [0.3, 0.4) is 0 Å². The van der Waals surface area contributed by atoms with E-state index in [9.17, 15) is 4.79 Å². The first-order valence-electron chi connectivity index (χ1n) is 7.04. The van der Waals surface area contributed by atoms with Crippen molar-refractivity contribution in [2.75, 3.05) is 0 Å². The number of aromatic nitrogens is 1. The van der Waals surface area contributed by atoms with Crippen LogP contribution in [0.15, 0.2) is 36.5 Å². The van der Waals surface area contributed by atoms with Crippen LogP contribution in [-0.4, -0.2) is 10.8 Å². The molecule has 3 heteroatoms. The first-order valence-corrected chi connectivity index (χ1v) is 7.04. The van der Waals surface area contributed by atoms with Gasteiger partial charge in [-0.05, 0) is 52.3 Å². The minimum Gasteiger partial charge on any atom is -0.455 e. The highest BCUT2D eigenvalue weighted by molar-refractivity contribution is 5.87. The van der Waals surface area contributed by atoms with Crippen LogP contribution in [0.25, 0.3) is 0 Å². The maximum Gasteiger partial charge on any atom is 0.146 e. The minimum atomic E-state index is -0.580. The third kappa shape index (κ3) is 3.13. The molecule has 0 saturated heterocycles. The summed E-state index contributed by atoms with van der Waals surface area (Å²) in [5.41, 5.74) is 2.37. The molecular weight excluding hydrogens is 262 g/mol. The molecule has 0 amide bonds. The molecular formula is C18H21NO2.